The highest BCUT2D eigenvalue weighted by atomic mass is 32.3. The molecule has 0 spiro atoms. The second-order valence-electron chi connectivity index (χ2n) is 9.06. The van der Waals surface area contributed by atoms with Gasteiger partial charge in [0.2, 0.25) is 5.91 Å². The Kier molecular flexibility index (Phi) is 16.1. The quantitative estimate of drug-likeness (QED) is 0.151. The molecule has 1 unspecified atom stereocenters. The lowest BCUT2D eigenvalue weighted by Gasteiger charge is -2.42. The first-order chi connectivity index (χ1) is 16.2. The van der Waals surface area contributed by atoms with Crippen molar-refractivity contribution in [2.45, 2.75) is 127 Å². The first-order valence-corrected chi connectivity index (χ1v) is 14.0. The molecule has 5 atom stereocenters. The second kappa shape index (κ2) is 17.6. The zero-order chi connectivity index (χ0) is 25.4. The van der Waals surface area contributed by atoms with Gasteiger partial charge in [0.1, 0.15) is 24.4 Å². The first-order valence-electron chi connectivity index (χ1n) is 12.6. The Morgan fingerprint density at radius 2 is 1.38 bits per heavy atom. The van der Waals surface area contributed by atoms with E-state index in [1.807, 2.05) is 0 Å². The average molecular weight is 512 g/mol. The first kappa shape index (κ1) is 31.2. The van der Waals surface area contributed by atoms with Gasteiger partial charge in [0.05, 0.1) is 6.61 Å². The molecule has 202 valence electrons. The minimum absolute atomic E-state index is 0.281. The van der Waals surface area contributed by atoms with Gasteiger partial charge in [-0.15, -0.1) is 0 Å². The number of hydrogen-bond donors (Lipinski definition) is 4. The molecule has 0 aromatic carbocycles. The summed E-state index contributed by atoms with van der Waals surface area (Å²) in [6, 6.07) is -1.03. The summed E-state index contributed by atoms with van der Waals surface area (Å²) < 4.78 is 44.9. The molecule has 0 aromatic rings. The Morgan fingerprint density at radius 1 is 0.882 bits per heavy atom. The highest BCUT2D eigenvalue weighted by Crippen LogP contribution is 2.23. The van der Waals surface area contributed by atoms with E-state index in [2.05, 4.69) is 16.4 Å². The molecule has 0 aliphatic carbocycles. The monoisotopic (exact) mass is 511 g/mol. The molecule has 11 heteroatoms. The summed E-state index contributed by atoms with van der Waals surface area (Å²) in [5.74, 6) is -0.294. The van der Waals surface area contributed by atoms with Crippen LogP contribution in [0.1, 0.15) is 96.8 Å². The van der Waals surface area contributed by atoms with Gasteiger partial charge < -0.3 is 25.0 Å². The van der Waals surface area contributed by atoms with Crippen LogP contribution < -0.4 is 5.32 Å². The number of carbonyl (C=O) groups is 1. The fraction of sp³-hybridized carbons (Fsp3) is 0.957. The van der Waals surface area contributed by atoms with Gasteiger partial charge in [0, 0.05) is 13.5 Å². The smallest absolute Gasteiger partial charge is 0.388 e. The molecule has 1 saturated heterocycles. The molecule has 0 saturated carbocycles. The maximum atomic E-state index is 12.3. The number of ether oxygens (including phenoxy) is 2. The van der Waals surface area contributed by atoms with Crippen LogP contribution >= 0.6 is 0 Å². The summed E-state index contributed by atoms with van der Waals surface area (Å²) in [5.41, 5.74) is 0. The standard InChI is InChI=1S/C23H45NO9S/c1-3-4-5-6-7-8-9-10-11-12-13-14-15-16-19(25)24-20-22(27)21(26)18(33-23(20)31-2)17-32-34(28,29)30/h18,20-23,26-27H,3-17H2,1-2H3,(H,24,25)(H,28,29,30)/t18-,20-,21-,22-,23?/m1/s1. The van der Waals surface area contributed by atoms with Crippen molar-refractivity contribution in [3.05, 3.63) is 0 Å². The van der Waals surface area contributed by atoms with Crippen molar-refractivity contribution in [2.24, 2.45) is 0 Å². The van der Waals surface area contributed by atoms with Crippen LogP contribution in [-0.4, -0.2) is 73.5 Å². The van der Waals surface area contributed by atoms with Gasteiger partial charge in [-0.1, -0.05) is 84.0 Å². The Balaban J connectivity index is 2.19. The van der Waals surface area contributed by atoms with E-state index in [-0.39, 0.29) is 12.3 Å². The summed E-state index contributed by atoms with van der Waals surface area (Å²) >= 11 is 0. The van der Waals surface area contributed by atoms with Gasteiger partial charge in [-0.2, -0.15) is 8.42 Å². The molecular weight excluding hydrogens is 466 g/mol. The van der Waals surface area contributed by atoms with E-state index in [9.17, 15) is 23.4 Å². The molecule has 34 heavy (non-hydrogen) atoms. The molecule has 1 fully saturated rings. The highest BCUT2D eigenvalue weighted by Gasteiger charge is 2.45. The van der Waals surface area contributed by atoms with Gasteiger partial charge >= 0.3 is 10.4 Å². The fourth-order valence-corrected chi connectivity index (χ4v) is 4.44. The van der Waals surface area contributed by atoms with Gasteiger partial charge in [-0.3, -0.25) is 9.35 Å². The van der Waals surface area contributed by atoms with Gasteiger partial charge in [0.15, 0.2) is 6.29 Å². The molecular formula is C23H45NO9S. The van der Waals surface area contributed by atoms with Crippen molar-refractivity contribution < 1.29 is 41.6 Å². The summed E-state index contributed by atoms with van der Waals surface area (Å²) in [5, 5.41) is 23.2. The van der Waals surface area contributed by atoms with E-state index < -0.39 is 47.6 Å². The SMILES string of the molecule is CCCCCCCCCCCCCCCC(=O)N[C@H]1C(OC)O[C@H](COS(=O)(=O)O)[C@@H](O)[C@@H]1O. The van der Waals surface area contributed by atoms with Crippen LogP contribution in [0.5, 0.6) is 0 Å². The van der Waals surface area contributed by atoms with Crippen LogP contribution in [0, 0.1) is 0 Å². The maximum absolute atomic E-state index is 12.3. The summed E-state index contributed by atoms with van der Waals surface area (Å²) in [7, 11) is -3.44. The fourth-order valence-electron chi connectivity index (χ4n) is 4.14. The van der Waals surface area contributed by atoms with Crippen LogP contribution in [0.3, 0.4) is 0 Å². The molecule has 1 aliphatic heterocycles. The second-order valence-corrected chi connectivity index (χ2v) is 10.1. The summed E-state index contributed by atoms with van der Waals surface area (Å²) in [4.78, 5) is 12.3. The van der Waals surface area contributed by atoms with Crippen molar-refractivity contribution in [1.29, 1.82) is 0 Å². The zero-order valence-electron chi connectivity index (χ0n) is 20.7. The van der Waals surface area contributed by atoms with Crippen LogP contribution in [0.4, 0.5) is 0 Å². The lowest BCUT2D eigenvalue weighted by Crippen LogP contribution is -2.64. The number of methoxy groups -OCH3 is 1. The Bertz CT molecular complexity index is 644. The molecule has 1 amide bonds. The van der Waals surface area contributed by atoms with E-state index in [1.54, 1.807) is 0 Å². The van der Waals surface area contributed by atoms with Gasteiger partial charge in [-0.05, 0) is 6.42 Å². The van der Waals surface area contributed by atoms with Gasteiger partial charge in [0.25, 0.3) is 0 Å². The van der Waals surface area contributed by atoms with Crippen LogP contribution in [0.15, 0.2) is 0 Å². The van der Waals surface area contributed by atoms with Gasteiger partial charge in [-0.25, -0.2) is 4.18 Å². The van der Waals surface area contributed by atoms with E-state index >= 15 is 0 Å². The van der Waals surface area contributed by atoms with E-state index in [4.69, 9.17) is 14.0 Å². The Morgan fingerprint density at radius 3 is 1.85 bits per heavy atom. The third kappa shape index (κ3) is 13.3. The zero-order valence-corrected chi connectivity index (χ0v) is 21.5. The minimum atomic E-state index is -4.73. The summed E-state index contributed by atoms with van der Waals surface area (Å²) in [6.07, 6.45) is 10.6. The largest absolute Gasteiger partial charge is 0.397 e. The molecule has 4 N–H and O–H groups in total. The predicted molar refractivity (Wildman–Crippen MR) is 127 cm³/mol. The molecule has 1 aliphatic rings. The number of amides is 1. The van der Waals surface area contributed by atoms with Crippen LogP contribution in [0.25, 0.3) is 0 Å². The lowest BCUT2D eigenvalue weighted by atomic mass is 9.96. The van der Waals surface area contributed by atoms with Crippen molar-refractivity contribution in [1.82, 2.24) is 5.32 Å². The van der Waals surface area contributed by atoms with Crippen LogP contribution in [-0.2, 0) is 28.9 Å². The Labute approximate surface area is 204 Å². The van der Waals surface area contributed by atoms with E-state index in [0.29, 0.717) is 0 Å². The third-order valence-corrected chi connectivity index (χ3v) is 6.58. The topological polar surface area (TPSA) is 152 Å². The summed E-state index contributed by atoms with van der Waals surface area (Å²) in [6.45, 7) is 1.52. The number of unbranched alkanes of at least 4 members (excludes halogenated alkanes) is 12. The normalized spacial score (nSPS) is 25.4. The van der Waals surface area contributed by atoms with Crippen molar-refractivity contribution in [3.8, 4) is 0 Å². The van der Waals surface area contributed by atoms with E-state index in [1.165, 1.54) is 64.9 Å². The predicted octanol–water partition coefficient (Wildman–Crippen LogP) is 2.86. The number of hydrogen-bond acceptors (Lipinski definition) is 8. The van der Waals surface area contributed by atoms with Crippen molar-refractivity contribution in [3.63, 3.8) is 0 Å². The third-order valence-electron chi connectivity index (χ3n) is 6.15. The minimum Gasteiger partial charge on any atom is -0.388 e. The average Bonchev–Trinajstić information content (AvgIpc) is 2.79. The Hall–Kier alpha value is -0.820. The maximum Gasteiger partial charge on any atom is 0.397 e. The van der Waals surface area contributed by atoms with Crippen molar-refractivity contribution >= 4 is 16.3 Å². The van der Waals surface area contributed by atoms with E-state index in [0.717, 1.165) is 25.7 Å². The lowest BCUT2D eigenvalue weighted by molar-refractivity contribution is -0.261. The molecule has 0 aromatic heterocycles. The van der Waals surface area contributed by atoms with Crippen LogP contribution in [0.2, 0.25) is 0 Å². The number of carbonyl (C=O) groups excluding carboxylic acids is 1. The highest BCUT2D eigenvalue weighted by molar-refractivity contribution is 7.80. The molecule has 1 rings (SSSR count). The molecule has 0 radical (unpaired) electrons. The molecule has 10 nitrogen and oxygen atoms in total. The number of nitrogens with one attached hydrogen (secondary N) is 1. The number of aliphatic hydroxyl groups is 2. The molecule has 1 heterocycles. The number of aliphatic hydroxyl groups excluding tert-OH is 2. The number of rotatable bonds is 19. The molecule has 0 bridgehead atoms. The van der Waals surface area contributed by atoms with Crippen molar-refractivity contribution in [2.75, 3.05) is 13.7 Å².